The summed E-state index contributed by atoms with van der Waals surface area (Å²) in [7, 11) is 0. The summed E-state index contributed by atoms with van der Waals surface area (Å²) >= 11 is 0. The Labute approximate surface area is 266 Å². The first-order valence-electron chi connectivity index (χ1n) is 18.6. The molecule has 1 aliphatic heterocycles. The normalized spacial score (nSPS) is 48.1. The van der Waals surface area contributed by atoms with Crippen LogP contribution in [0.3, 0.4) is 0 Å². The predicted octanol–water partition coefficient (Wildman–Crippen LogP) is 10.7. The molecule has 3 saturated carbocycles. The molecular formula is C40H68O3. The van der Waals surface area contributed by atoms with Crippen LogP contribution in [0.2, 0.25) is 0 Å². The van der Waals surface area contributed by atoms with Crippen molar-refractivity contribution in [3.8, 4) is 0 Å². The van der Waals surface area contributed by atoms with Crippen molar-refractivity contribution < 1.29 is 14.3 Å². The molecule has 0 aromatic carbocycles. The fraction of sp³-hybridized carbons (Fsp3) is 0.925. The Kier molecular flexibility index (Phi) is 9.28. The number of carbonyl (C=O) groups excluding carboxylic acids is 1. The zero-order valence-electron chi connectivity index (χ0n) is 30.2. The highest BCUT2D eigenvalue weighted by Crippen LogP contribution is 2.72. The van der Waals surface area contributed by atoms with Gasteiger partial charge in [-0.1, -0.05) is 81.2 Å². The molecule has 14 atom stereocenters. The molecule has 0 amide bonds. The lowest BCUT2D eigenvalue weighted by atomic mass is 9.43. The number of allylic oxidation sites excluding steroid dienone is 2. The van der Waals surface area contributed by atoms with Crippen LogP contribution in [-0.4, -0.2) is 23.8 Å². The second-order valence-corrected chi connectivity index (χ2v) is 18.2. The first kappa shape index (κ1) is 33.7. The SMILES string of the molecule is CCC1OC(OC(C)(C)CC[C@@H](C)[C@@H](C)[C@H]2CC[C@@]3(C)C4=CC(=O)[C@H]5C[C@@H](C)CC[C@]5(C)C4CC[C@]23C)C(C)C(C)C1C. The maximum Gasteiger partial charge on any atom is 0.161 e. The van der Waals surface area contributed by atoms with Gasteiger partial charge in [-0.05, 0) is 135 Å². The van der Waals surface area contributed by atoms with Crippen LogP contribution in [0.15, 0.2) is 11.6 Å². The molecule has 3 heteroatoms. The predicted molar refractivity (Wildman–Crippen MR) is 179 cm³/mol. The van der Waals surface area contributed by atoms with Crippen LogP contribution in [0.1, 0.15) is 147 Å². The molecule has 5 aliphatic rings. The lowest BCUT2D eigenvalue weighted by molar-refractivity contribution is -0.283. The average Bonchev–Trinajstić information content (AvgIpc) is 3.24. The lowest BCUT2D eigenvalue weighted by Crippen LogP contribution is -2.55. The Morgan fingerprint density at radius 2 is 1.65 bits per heavy atom. The summed E-state index contributed by atoms with van der Waals surface area (Å²) in [6.07, 6.45) is 14.5. The van der Waals surface area contributed by atoms with Crippen molar-refractivity contribution in [1.29, 1.82) is 0 Å². The van der Waals surface area contributed by atoms with E-state index in [0.717, 1.165) is 19.3 Å². The average molecular weight is 597 g/mol. The molecule has 0 spiro atoms. The molecule has 6 unspecified atom stereocenters. The molecule has 0 bridgehead atoms. The molecule has 0 aromatic rings. The summed E-state index contributed by atoms with van der Waals surface area (Å²) in [6, 6.07) is 0. The smallest absolute Gasteiger partial charge is 0.161 e. The van der Waals surface area contributed by atoms with E-state index in [1.807, 2.05) is 0 Å². The van der Waals surface area contributed by atoms with E-state index >= 15 is 0 Å². The zero-order chi connectivity index (χ0) is 31.7. The summed E-state index contributed by atoms with van der Waals surface area (Å²) in [5, 5.41) is 0. The van der Waals surface area contributed by atoms with Gasteiger partial charge in [-0.25, -0.2) is 0 Å². The number of rotatable bonds is 8. The Balaban J connectivity index is 1.26. The van der Waals surface area contributed by atoms with Gasteiger partial charge in [0.2, 0.25) is 0 Å². The third kappa shape index (κ3) is 5.55. The van der Waals surface area contributed by atoms with E-state index in [4.69, 9.17) is 9.47 Å². The number of ketones is 1. The first-order chi connectivity index (χ1) is 20.0. The minimum absolute atomic E-state index is 0.108. The van der Waals surface area contributed by atoms with E-state index in [2.05, 4.69) is 89.2 Å². The molecular weight excluding hydrogens is 528 g/mol. The second-order valence-electron chi connectivity index (χ2n) is 18.2. The maximum absolute atomic E-state index is 13.7. The summed E-state index contributed by atoms with van der Waals surface area (Å²) in [6.45, 7) is 28.9. The minimum Gasteiger partial charge on any atom is -0.349 e. The number of hydrogen-bond acceptors (Lipinski definition) is 3. The summed E-state index contributed by atoms with van der Waals surface area (Å²) in [5.74, 6) is 5.61. The Bertz CT molecular complexity index is 1060. The van der Waals surface area contributed by atoms with Gasteiger partial charge in [0.1, 0.15) is 0 Å². The zero-order valence-corrected chi connectivity index (χ0v) is 30.2. The van der Waals surface area contributed by atoms with Gasteiger partial charge >= 0.3 is 0 Å². The van der Waals surface area contributed by atoms with Crippen molar-refractivity contribution in [2.45, 2.75) is 165 Å². The topological polar surface area (TPSA) is 35.5 Å². The second kappa shape index (κ2) is 11.8. The van der Waals surface area contributed by atoms with Crippen molar-refractivity contribution in [3.05, 3.63) is 11.6 Å². The van der Waals surface area contributed by atoms with Gasteiger partial charge in [0, 0.05) is 11.8 Å². The Morgan fingerprint density at radius 1 is 0.953 bits per heavy atom. The van der Waals surface area contributed by atoms with Crippen molar-refractivity contribution >= 4 is 5.78 Å². The van der Waals surface area contributed by atoms with Crippen LogP contribution in [0.4, 0.5) is 0 Å². The first-order valence-corrected chi connectivity index (χ1v) is 18.6. The molecule has 0 N–H and O–H groups in total. The van der Waals surface area contributed by atoms with E-state index in [1.165, 1.54) is 44.9 Å². The molecule has 5 rings (SSSR count). The van der Waals surface area contributed by atoms with Crippen molar-refractivity contribution in [2.24, 2.45) is 69.5 Å². The molecule has 246 valence electrons. The fourth-order valence-corrected chi connectivity index (χ4v) is 11.5. The van der Waals surface area contributed by atoms with Crippen LogP contribution < -0.4 is 0 Å². The van der Waals surface area contributed by atoms with Gasteiger partial charge < -0.3 is 9.47 Å². The molecule has 1 heterocycles. The summed E-state index contributed by atoms with van der Waals surface area (Å²) in [4.78, 5) is 13.7. The molecule has 1 saturated heterocycles. The van der Waals surface area contributed by atoms with Crippen LogP contribution in [-0.2, 0) is 14.3 Å². The monoisotopic (exact) mass is 597 g/mol. The molecule has 0 radical (unpaired) electrons. The number of carbonyl (C=O) groups is 1. The van der Waals surface area contributed by atoms with Gasteiger partial charge in [-0.2, -0.15) is 0 Å². The van der Waals surface area contributed by atoms with Crippen molar-refractivity contribution in [3.63, 3.8) is 0 Å². The van der Waals surface area contributed by atoms with E-state index in [1.54, 1.807) is 5.57 Å². The van der Waals surface area contributed by atoms with E-state index in [9.17, 15) is 4.79 Å². The van der Waals surface area contributed by atoms with E-state index in [-0.39, 0.29) is 34.1 Å². The third-order valence-corrected chi connectivity index (χ3v) is 15.6. The highest BCUT2D eigenvalue weighted by atomic mass is 16.7. The molecule has 3 nitrogen and oxygen atoms in total. The van der Waals surface area contributed by atoms with E-state index < -0.39 is 0 Å². The minimum atomic E-state index is -0.200. The van der Waals surface area contributed by atoms with Gasteiger partial charge in [0.15, 0.2) is 12.1 Å². The summed E-state index contributed by atoms with van der Waals surface area (Å²) in [5.41, 5.74) is 1.96. The number of ether oxygens (including phenoxy) is 2. The van der Waals surface area contributed by atoms with Gasteiger partial charge in [0.05, 0.1) is 11.7 Å². The molecule has 43 heavy (non-hydrogen) atoms. The number of fused-ring (bicyclic) bond motifs is 5. The van der Waals surface area contributed by atoms with Crippen LogP contribution in [0.5, 0.6) is 0 Å². The number of hydrogen-bond donors (Lipinski definition) is 0. The van der Waals surface area contributed by atoms with Crippen molar-refractivity contribution in [1.82, 2.24) is 0 Å². The standard InChI is InChI=1S/C40H68O3/c1-13-35-28(6)27(5)29(7)36(42-35)43-37(8,9)18-15-25(3)26(4)30-16-20-40(12)32-23-34(41)33-22-24(2)14-19-38(33,10)31(32)17-21-39(30,40)11/h23-31,33,35-36H,13-22H2,1-12H3/t24-,25+,26+,27?,28?,29?,30+,31?,33+,35?,36?,38+,39+,40-/m0/s1. The molecule has 4 fully saturated rings. The largest absolute Gasteiger partial charge is 0.349 e. The van der Waals surface area contributed by atoms with Gasteiger partial charge in [-0.15, -0.1) is 0 Å². The highest BCUT2D eigenvalue weighted by Gasteiger charge is 2.64. The van der Waals surface area contributed by atoms with Crippen LogP contribution in [0.25, 0.3) is 0 Å². The Hall–Kier alpha value is -0.670. The van der Waals surface area contributed by atoms with Crippen molar-refractivity contribution in [2.75, 3.05) is 0 Å². The highest BCUT2D eigenvalue weighted by molar-refractivity contribution is 5.94. The maximum atomic E-state index is 13.7. The fourth-order valence-electron chi connectivity index (χ4n) is 11.5. The van der Waals surface area contributed by atoms with Crippen LogP contribution in [0, 0.1) is 69.5 Å². The third-order valence-electron chi connectivity index (χ3n) is 15.6. The van der Waals surface area contributed by atoms with Crippen LogP contribution >= 0.6 is 0 Å². The molecule has 4 aliphatic carbocycles. The Morgan fingerprint density at radius 3 is 2.33 bits per heavy atom. The summed E-state index contributed by atoms with van der Waals surface area (Å²) < 4.78 is 13.3. The van der Waals surface area contributed by atoms with Gasteiger partial charge in [-0.3, -0.25) is 4.79 Å². The van der Waals surface area contributed by atoms with Gasteiger partial charge in [0.25, 0.3) is 0 Å². The quantitative estimate of drug-likeness (QED) is 0.280. The van der Waals surface area contributed by atoms with E-state index in [0.29, 0.717) is 59.2 Å². The lowest BCUT2D eigenvalue weighted by Gasteiger charge is -2.61. The molecule has 0 aromatic heterocycles.